The Bertz CT molecular complexity index is 1310. The Morgan fingerprint density at radius 3 is 2.32 bits per heavy atom. The number of amides is 3. The number of carboxylic acids is 1. The summed E-state index contributed by atoms with van der Waals surface area (Å²) in [5.41, 5.74) is 14.0. The van der Waals surface area contributed by atoms with E-state index in [9.17, 15) is 24.3 Å². The molecule has 10 N–H and O–H groups in total. The highest BCUT2D eigenvalue weighted by Crippen LogP contribution is 2.19. The summed E-state index contributed by atoms with van der Waals surface area (Å²) in [6.45, 7) is 3.78. The normalized spacial score (nSPS) is 14.3. The number of aromatic nitrogens is 3. The van der Waals surface area contributed by atoms with Crippen molar-refractivity contribution >= 4 is 34.6 Å². The molecule has 2 heterocycles. The quantitative estimate of drug-likeness (QED) is 0.112. The summed E-state index contributed by atoms with van der Waals surface area (Å²) in [6, 6.07) is 3.33. The summed E-state index contributed by atoms with van der Waals surface area (Å²) in [5, 5.41) is 18.5. The number of aromatic amines is 2. The molecule has 3 aromatic rings. The zero-order chi connectivity index (χ0) is 29.9. The van der Waals surface area contributed by atoms with Crippen molar-refractivity contribution in [3.8, 4) is 0 Å². The Kier molecular flexibility index (Phi) is 11.4. The van der Waals surface area contributed by atoms with Crippen LogP contribution < -0.4 is 27.4 Å². The van der Waals surface area contributed by atoms with Gasteiger partial charge in [-0.25, -0.2) is 9.78 Å². The fourth-order valence-electron chi connectivity index (χ4n) is 4.54. The molecule has 0 radical (unpaired) electrons. The molecule has 4 unspecified atom stereocenters. The van der Waals surface area contributed by atoms with E-state index < -0.39 is 47.9 Å². The monoisotopic (exact) mass is 568 g/mol. The maximum atomic E-state index is 13.6. The molecule has 41 heavy (non-hydrogen) atoms. The molecule has 4 atom stereocenters. The van der Waals surface area contributed by atoms with E-state index in [4.69, 9.17) is 11.5 Å². The van der Waals surface area contributed by atoms with Gasteiger partial charge in [-0.1, -0.05) is 32.0 Å². The molecule has 0 aliphatic heterocycles. The first-order chi connectivity index (χ1) is 19.6. The van der Waals surface area contributed by atoms with Gasteiger partial charge in [0.25, 0.3) is 0 Å². The number of aliphatic carboxylic acids is 1. The molecule has 3 amide bonds. The first-order valence-corrected chi connectivity index (χ1v) is 13.7. The number of fused-ring (bicyclic) bond motifs is 1. The molecule has 0 fully saturated rings. The standard InChI is InChI=1S/C28H40N8O5/c1-16(2)24(28(40)41)36-27(39)23(11-17-13-32-21-8-4-3-7-19(17)21)35-26(38)22(9-5-6-10-29)34-25(37)20(30)12-18-14-31-15-33-18/h3-4,7-8,13-16,20,22-24,32H,5-6,9-12,29-30H2,1-2H3,(H,31,33)(H,34,37)(H,35,38)(H,36,39)(H,40,41). The first kappa shape index (κ1) is 31.3. The van der Waals surface area contributed by atoms with Gasteiger partial charge in [-0.2, -0.15) is 0 Å². The number of carboxylic acid groups (broad SMARTS) is 1. The van der Waals surface area contributed by atoms with Crippen molar-refractivity contribution < 1.29 is 24.3 Å². The number of benzene rings is 1. The number of nitrogens with two attached hydrogens (primary N) is 2. The number of rotatable bonds is 16. The lowest BCUT2D eigenvalue weighted by Crippen LogP contribution is -2.58. The second kappa shape index (κ2) is 15.0. The average molecular weight is 569 g/mol. The summed E-state index contributed by atoms with van der Waals surface area (Å²) < 4.78 is 0. The van der Waals surface area contributed by atoms with Crippen LogP contribution in [0.25, 0.3) is 10.9 Å². The molecule has 1 aromatic carbocycles. The number of para-hydroxylation sites is 1. The van der Waals surface area contributed by atoms with E-state index in [0.717, 1.165) is 16.5 Å². The van der Waals surface area contributed by atoms with E-state index in [1.54, 1.807) is 26.2 Å². The third-order valence-corrected chi connectivity index (χ3v) is 6.87. The molecule has 2 aromatic heterocycles. The Hall–Kier alpha value is -4.23. The van der Waals surface area contributed by atoms with Crippen LogP contribution in [0.4, 0.5) is 0 Å². The minimum Gasteiger partial charge on any atom is -0.480 e. The average Bonchev–Trinajstić information content (AvgIpc) is 3.60. The van der Waals surface area contributed by atoms with Crippen molar-refractivity contribution in [1.82, 2.24) is 30.9 Å². The highest BCUT2D eigenvalue weighted by molar-refractivity contribution is 5.95. The lowest BCUT2D eigenvalue weighted by atomic mass is 10.0. The fraction of sp³-hybridized carbons (Fsp3) is 0.464. The van der Waals surface area contributed by atoms with Crippen molar-refractivity contribution in [1.29, 1.82) is 0 Å². The van der Waals surface area contributed by atoms with Gasteiger partial charge in [0, 0.05) is 41.8 Å². The van der Waals surface area contributed by atoms with Crippen LogP contribution in [0.15, 0.2) is 43.0 Å². The van der Waals surface area contributed by atoms with Crippen LogP contribution in [0, 0.1) is 5.92 Å². The smallest absolute Gasteiger partial charge is 0.326 e. The number of nitrogens with one attached hydrogen (secondary N) is 5. The van der Waals surface area contributed by atoms with E-state index in [2.05, 4.69) is 30.9 Å². The van der Waals surface area contributed by atoms with Gasteiger partial charge in [-0.15, -0.1) is 0 Å². The molecule has 0 bridgehead atoms. The van der Waals surface area contributed by atoms with Crippen LogP contribution in [-0.4, -0.2) is 74.5 Å². The number of hydrogen-bond acceptors (Lipinski definition) is 7. The number of carbonyl (C=O) groups is 4. The second-order valence-electron chi connectivity index (χ2n) is 10.4. The number of hydrogen-bond donors (Lipinski definition) is 8. The molecule has 13 nitrogen and oxygen atoms in total. The minimum absolute atomic E-state index is 0.0921. The molecule has 222 valence electrons. The fourth-order valence-corrected chi connectivity index (χ4v) is 4.54. The van der Waals surface area contributed by atoms with E-state index in [1.165, 1.54) is 6.33 Å². The first-order valence-electron chi connectivity index (χ1n) is 13.7. The van der Waals surface area contributed by atoms with Crippen molar-refractivity contribution in [3.63, 3.8) is 0 Å². The summed E-state index contributed by atoms with van der Waals surface area (Å²) >= 11 is 0. The zero-order valence-electron chi connectivity index (χ0n) is 23.4. The van der Waals surface area contributed by atoms with E-state index in [1.807, 2.05) is 24.3 Å². The molecular weight excluding hydrogens is 528 g/mol. The molecule has 0 saturated carbocycles. The maximum Gasteiger partial charge on any atom is 0.326 e. The van der Waals surface area contributed by atoms with E-state index in [0.29, 0.717) is 25.1 Å². The zero-order valence-corrected chi connectivity index (χ0v) is 23.4. The van der Waals surface area contributed by atoms with Crippen LogP contribution in [0.2, 0.25) is 0 Å². The summed E-state index contributed by atoms with van der Waals surface area (Å²) in [7, 11) is 0. The predicted molar refractivity (Wildman–Crippen MR) is 153 cm³/mol. The predicted octanol–water partition coefficient (Wildman–Crippen LogP) is 0.328. The SMILES string of the molecule is CC(C)C(NC(=O)C(Cc1c[nH]c2ccccc12)NC(=O)C(CCCCN)NC(=O)C(N)Cc1cnc[nH]1)C(=O)O. The van der Waals surface area contributed by atoms with Gasteiger partial charge in [-0.05, 0) is 43.4 Å². The van der Waals surface area contributed by atoms with Crippen LogP contribution in [0.1, 0.15) is 44.4 Å². The largest absolute Gasteiger partial charge is 0.480 e. The van der Waals surface area contributed by atoms with Crippen molar-refractivity contribution in [3.05, 3.63) is 54.2 Å². The number of unbranched alkanes of at least 4 members (excludes halogenated alkanes) is 1. The van der Waals surface area contributed by atoms with Gasteiger partial charge in [0.1, 0.15) is 18.1 Å². The van der Waals surface area contributed by atoms with Gasteiger partial charge < -0.3 is 42.5 Å². The molecule has 0 spiro atoms. The van der Waals surface area contributed by atoms with Crippen molar-refractivity contribution in [2.24, 2.45) is 17.4 Å². The Balaban J connectivity index is 1.81. The number of carbonyl (C=O) groups excluding carboxylic acids is 3. The topological polar surface area (TPSA) is 221 Å². The summed E-state index contributed by atoms with van der Waals surface area (Å²) in [5.74, 6) is -3.33. The van der Waals surface area contributed by atoms with Crippen LogP contribution in [0.5, 0.6) is 0 Å². The Morgan fingerprint density at radius 1 is 0.951 bits per heavy atom. The molecule has 0 saturated heterocycles. The van der Waals surface area contributed by atoms with Crippen molar-refractivity contribution in [2.75, 3.05) is 6.54 Å². The third kappa shape index (κ3) is 8.88. The molecule has 13 heteroatoms. The molecule has 0 aliphatic carbocycles. The summed E-state index contributed by atoms with van der Waals surface area (Å²) in [4.78, 5) is 61.6. The third-order valence-electron chi connectivity index (χ3n) is 6.87. The van der Waals surface area contributed by atoms with E-state index >= 15 is 0 Å². The van der Waals surface area contributed by atoms with Gasteiger partial charge in [-0.3, -0.25) is 14.4 Å². The van der Waals surface area contributed by atoms with Gasteiger partial charge in [0.05, 0.1) is 12.4 Å². The highest BCUT2D eigenvalue weighted by Gasteiger charge is 2.32. The number of nitrogens with zero attached hydrogens (tertiary/aromatic N) is 1. The van der Waals surface area contributed by atoms with Gasteiger partial charge >= 0.3 is 5.97 Å². The molecular formula is C28H40N8O5. The van der Waals surface area contributed by atoms with Gasteiger partial charge in [0.2, 0.25) is 17.7 Å². The highest BCUT2D eigenvalue weighted by atomic mass is 16.4. The number of imidazole rings is 1. The van der Waals surface area contributed by atoms with Crippen LogP contribution in [-0.2, 0) is 32.0 Å². The minimum atomic E-state index is -1.18. The van der Waals surface area contributed by atoms with E-state index in [-0.39, 0.29) is 25.2 Å². The lowest BCUT2D eigenvalue weighted by molar-refractivity contribution is -0.143. The lowest BCUT2D eigenvalue weighted by Gasteiger charge is -2.26. The molecule has 3 rings (SSSR count). The number of H-pyrrole nitrogens is 2. The van der Waals surface area contributed by atoms with Gasteiger partial charge in [0.15, 0.2) is 0 Å². The summed E-state index contributed by atoms with van der Waals surface area (Å²) in [6.07, 6.45) is 6.55. The second-order valence-corrected chi connectivity index (χ2v) is 10.4. The van der Waals surface area contributed by atoms with Crippen molar-refractivity contribution in [2.45, 2.75) is 70.1 Å². The Labute approximate surface area is 238 Å². The Morgan fingerprint density at radius 2 is 1.66 bits per heavy atom. The maximum absolute atomic E-state index is 13.6. The molecule has 0 aliphatic rings. The van der Waals surface area contributed by atoms with Crippen LogP contribution >= 0.6 is 0 Å². The van der Waals surface area contributed by atoms with Crippen LogP contribution in [0.3, 0.4) is 0 Å².